The first-order chi connectivity index (χ1) is 8.04. The first kappa shape index (κ1) is 13.9. The van der Waals surface area contributed by atoms with Crippen molar-refractivity contribution < 1.29 is 4.74 Å². The molecule has 0 bridgehead atoms. The minimum absolute atomic E-state index is 0.154. The molecule has 0 atom stereocenters. The van der Waals surface area contributed by atoms with Gasteiger partial charge in [0.15, 0.2) is 0 Å². The summed E-state index contributed by atoms with van der Waals surface area (Å²) in [6, 6.07) is 6.01. The lowest BCUT2D eigenvalue weighted by Gasteiger charge is -2.07. The van der Waals surface area contributed by atoms with Crippen LogP contribution in [0.3, 0.4) is 0 Å². The van der Waals surface area contributed by atoms with Crippen LogP contribution in [0.25, 0.3) is 0 Å². The summed E-state index contributed by atoms with van der Waals surface area (Å²) >= 11 is 10.8. The maximum absolute atomic E-state index is 5.86. The fourth-order valence-electron chi connectivity index (χ4n) is 1.28. The Morgan fingerprint density at radius 1 is 1.47 bits per heavy atom. The van der Waals surface area contributed by atoms with Gasteiger partial charge in [0, 0.05) is 0 Å². The van der Waals surface area contributed by atoms with E-state index in [1.165, 1.54) is 5.56 Å². The molecule has 1 aromatic rings. The van der Waals surface area contributed by atoms with E-state index in [0.29, 0.717) is 6.61 Å². The van der Waals surface area contributed by atoms with Crippen LogP contribution >= 0.6 is 23.8 Å². The summed E-state index contributed by atoms with van der Waals surface area (Å²) in [6.45, 7) is 6.36. The number of nitrogens with one attached hydrogen (secondary N) is 1. The first-order valence-corrected chi connectivity index (χ1v) is 6.06. The molecule has 92 valence electrons. The number of thiocarbonyl (C=S) groups is 1. The highest BCUT2D eigenvalue weighted by Gasteiger charge is 2.04. The maximum atomic E-state index is 5.86. The molecule has 0 aliphatic heterocycles. The molecule has 0 saturated heterocycles. The van der Waals surface area contributed by atoms with Crippen molar-refractivity contribution in [2.75, 3.05) is 12.0 Å². The third-order valence-electron chi connectivity index (χ3n) is 2.10. The molecule has 0 aromatic heterocycles. The van der Waals surface area contributed by atoms with Gasteiger partial charge in [-0.1, -0.05) is 29.3 Å². The smallest absolute Gasteiger partial charge is 0.224 e. The molecule has 1 aromatic carbocycles. The number of hydrogen-bond donors (Lipinski definition) is 1. The molecular weight excluding hydrogens is 256 g/mol. The zero-order valence-corrected chi connectivity index (χ0v) is 11.7. The lowest BCUT2D eigenvalue weighted by Crippen LogP contribution is -2.11. The summed E-state index contributed by atoms with van der Waals surface area (Å²) in [5.74, 6) is 0. The number of ether oxygens (including phenoxy) is 1. The van der Waals surface area contributed by atoms with Crippen LogP contribution in [0, 0.1) is 13.8 Å². The third kappa shape index (κ3) is 4.32. The van der Waals surface area contributed by atoms with Gasteiger partial charge in [-0.15, -0.1) is 0 Å². The molecule has 0 heterocycles. The lowest BCUT2D eigenvalue weighted by atomic mass is 10.1. The number of benzene rings is 1. The topological polar surface area (TPSA) is 33.6 Å². The molecule has 1 rings (SSSR count). The molecular formula is C12H15ClN2OS. The first-order valence-electron chi connectivity index (χ1n) is 5.28. The molecule has 0 spiro atoms. The summed E-state index contributed by atoms with van der Waals surface area (Å²) in [6.07, 6.45) is 0. The number of rotatable bonds is 4. The van der Waals surface area contributed by atoms with E-state index in [2.05, 4.69) is 16.6 Å². The minimum atomic E-state index is 0.154. The highest BCUT2D eigenvalue weighted by Crippen LogP contribution is 2.16. The van der Waals surface area contributed by atoms with Gasteiger partial charge in [0.1, 0.15) is 0 Å². The number of hydrazone groups is 1. The normalized spacial score (nSPS) is 11.2. The summed E-state index contributed by atoms with van der Waals surface area (Å²) in [7, 11) is 0. The standard InChI is InChI=1S/C12H15ClN2OS/c1-4-16-12(17)11(13)15-14-10-6-5-8(2)7-9(10)3/h5-7,14H,4H2,1-3H3/b15-11-. The second-order valence-corrected chi connectivity index (χ2v) is 4.28. The van der Waals surface area contributed by atoms with Crippen molar-refractivity contribution in [2.24, 2.45) is 5.10 Å². The van der Waals surface area contributed by atoms with Crippen LogP contribution in [-0.4, -0.2) is 16.8 Å². The molecule has 0 unspecified atom stereocenters. The molecule has 5 heteroatoms. The van der Waals surface area contributed by atoms with E-state index in [1.54, 1.807) is 0 Å². The second kappa shape index (κ2) is 6.57. The maximum Gasteiger partial charge on any atom is 0.224 e. The summed E-state index contributed by atoms with van der Waals surface area (Å²) in [4.78, 5) is 0. The molecule has 0 amide bonds. The van der Waals surface area contributed by atoms with Crippen molar-refractivity contribution in [1.82, 2.24) is 0 Å². The van der Waals surface area contributed by atoms with E-state index in [-0.39, 0.29) is 10.2 Å². The Kier molecular flexibility index (Phi) is 5.38. The van der Waals surface area contributed by atoms with Crippen LogP contribution in [0.1, 0.15) is 18.1 Å². The SMILES string of the molecule is CCOC(=S)/C(Cl)=N/Nc1ccc(C)cc1C. The van der Waals surface area contributed by atoms with Crippen LogP contribution < -0.4 is 5.43 Å². The Hall–Kier alpha value is -1.13. The van der Waals surface area contributed by atoms with Gasteiger partial charge in [0.25, 0.3) is 0 Å². The lowest BCUT2D eigenvalue weighted by molar-refractivity contribution is 0.343. The third-order valence-corrected chi connectivity index (χ3v) is 2.78. The quantitative estimate of drug-likeness (QED) is 0.515. The molecule has 0 aliphatic rings. The second-order valence-electron chi connectivity index (χ2n) is 3.55. The predicted molar refractivity (Wildman–Crippen MR) is 77.1 cm³/mol. The molecule has 0 radical (unpaired) electrons. The number of nitrogens with zero attached hydrogens (tertiary/aromatic N) is 1. The minimum Gasteiger partial charge on any atom is -0.481 e. The fraction of sp³-hybridized carbons (Fsp3) is 0.333. The highest BCUT2D eigenvalue weighted by molar-refractivity contribution is 7.82. The number of halogens is 1. The Bertz CT molecular complexity index is 446. The summed E-state index contributed by atoms with van der Waals surface area (Å²) in [5, 5.41) is 4.32. The highest BCUT2D eigenvalue weighted by atomic mass is 35.5. The van der Waals surface area contributed by atoms with Crippen LogP contribution in [-0.2, 0) is 4.74 Å². The zero-order valence-electron chi connectivity index (χ0n) is 10.1. The van der Waals surface area contributed by atoms with Crippen molar-refractivity contribution >= 4 is 39.7 Å². The predicted octanol–water partition coefficient (Wildman–Crippen LogP) is 3.63. The monoisotopic (exact) mass is 270 g/mol. The zero-order chi connectivity index (χ0) is 12.8. The van der Waals surface area contributed by atoms with E-state index < -0.39 is 0 Å². The van der Waals surface area contributed by atoms with E-state index >= 15 is 0 Å². The Balaban J connectivity index is 2.72. The van der Waals surface area contributed by atoms with E-state index in [9.17, 15) is 0 Å². The van der Waals surface area contributed by atoms with Gasteiger partial charge in [-0.2, -0.15) is 5.10 Å². The molecule has 17 heavy (non-hydrogen) atoms. The molecule has 1 N–H and O–H groups in total. The van der Waals surface area contributed by atoms with Crippen molar-refractivity contribution in [2.45, 2.75) is 20.8 Å². The van der Waals surface area contributed by atoms with Gasteiger partial charge in [0.2, 0.25) is 10.2 Å². The van der Waals surface area contributed by atoms with E-state index in [1.807, 2.05) is 32.9 Å². The van der Waals surface area contributed by atoms with Crippen LogP contribution in [0.2, 0.25) is 0 Å². The van der Waals surface area contributed by atoms with Gasteiger partial charge >= 0.3 is 0 Å². The Morgan fingerprint density at radius 2 is 2.18 bits per heavy atom. The largest absolute Gasteiger partial charge is 0.481 e. The van der Waals surface area contributed by atoms with Crippen molar-refractivity contribution in [3.05, 3.63) is 29.3 Å². The molecule has 0 aliphatic carbocycles. The van der Waals surface area contributed by atoms with Crippen molar-refractivity contribution in [3.8, 4) is 0 Å². The van der Waals surface area contributed by atoms with E-state index in [4.69, 9.17) is 28.6 Å². The Labute approximate surface area is 112 Å². The average Bonchev–Trinajstić information content (AvgIpc) is 2.27. The summed E-state index contributed by atoms with van der Waals surface area (Å²) in [5.41, 5.74) is 6.06. The van der Waals surface area contributed by atoms with Crippen LogP contribution in [0.15, 0.2) is 23.3 Å². The fourth-order valence-corrected chi connectivity index (χ4v) is 1.54. The van der Waals surface area contributed by atoms with Gasteiger partial charge < -0.3 is 4.74 Å². The van der Waals surface area contributed by atoms with Crippen LogP contribution in [0.5, 0.6) is 0 Å². The Morgan fingerprint density at radius 3 is 2.76 bits per heavy atom. The number of anilines is 1. The number of aryl methyl sites for hydroxylation is 2. The van der Waals surface area contributed by atoms with Crippen molar-refractivity contribution in [1.29, 1.82) is 0 Å². The molecule has 3 nitrogen and oxygen atoms in total. The van der Waals surface area contributed by atoms with Gasteiger partial charge in [-0.25, -0.2) is 0 Å². The van der Waals surface area contributed by atoms with E-state index in [0.717, 1.165) is 11.3 Å². The van der Waals surface area contributed by atoms with Gasteiger partial charge in [-0.3, -0.25) is 5.43 Å². The van der Waals surface area contributed by atoms with Gasteiger partial charge in [0.05, 0.1) is 12.3 Å². The summed E-state index contributed by atoms with van der Waals surface area (Å²) < 4.78 is 5.07. The van der Waals surface area contributed by atoms with Gasteiger partial charge in [-0.05, 0) is 44.6 Å². The van der Waals surface area contributed by atoms with Crippen LogP contribution in [0.4, 0.5) is 5.69 Å². The molecule has 0 saturated carbocycles. The molecule has 0 fully saturated rings. The average molecular weight is 271 g/mol. The van der Waals surface area contributed by atoms with Crippen molar-refractivity contribution in [3.63, 3.8) is 0 Å². The number of hydrogen-bond acceptors (Lipinski definition) is 4.